The average Bonchev–Trinajstić information content (AvgIpc) is 2.97. The zero-order chi connectivity index (χ0) is 16.2. The Kier molecular flexibility index (Phi) is 4.19. The third-order valence-corrected chi connectivity index (χ3v) is 3.70. The highest BCUT2D eigenvalue weighted by Crippen LogP contribution is 2.15. The quantitative estimate of drug-likeness (QED) is 0.803. The fourth-order valence-corrected chi connectivity index (χ4v) is 2.41. The fourth-order valence-electron chi connectivity index (χ4n) is 2.41. The van der Waals surface area contributed by atoms with Gasteiger partial charge in [-0.1, -0.05) is 42.5 Å². The van der Waals surface area contributed by atoms with E-state index < -0.39 is 0 Å². The van der Waals surface area contributed by atoms with E-state index in [9.17, 15) is 4.79 Å². The first-order chi connectivity index (χ1) is 11.2. The van der Waals surface area contributed by atoms with Crippen LogP contribution in [0.2, 0.25) is 0 Å². The van der Waals surface area contributed by atoms with Crippen LogP contribution in [0.3, 0.4) is 0 Å². The van der Waals surface area contributed by atoms with Gasteiger partial charge in [-0.3, -0.25) is 4.79 Å². The third kappa shape index (κ3) is 3.13. The first-order valence-corrected chi connectivity index (χ1v) is 7.57. The summed E-state index contributed by atoms with van der Waals surface area (Å²) >= 11 is 0. The van der Waals surface area contributed by atoms with Gasteiger partial charge in [0.05, 0.1) is 11.4 Å². The maximum atomic E-state index is 12.5. The Labute approximate surface area is 135 Å². The van der Waals surface area contributed by atoms with Crippen molar-refractivity contribution in [2.75, 3.05) is 5.32 Å². The van der Waals surface area contributed by atoms with Crippen LogP contribution >= 0.6 is 0 Å². The molecule has 0 spiro atoms. The Morgan fingerprint density at radius 3 is 2.65 bits per heavy atom. The zero-order valence-electron chi connectivity index (χ0n) is 13.2. The summed E-state index contributed by atoms with van der Waals surface area (Å²) in [6.07, 6.45) is 0.924. The van der Waals surface area contributed by atoms with Gasteiger partial charge in [0.15, 0.2) is 5.69 Å². The summed E-state index contributed by atoms with van der Waals surface area (Å²) < 4.78 is 1.66. The number of carbonyl (C=O) groups excluding carboxylic acids is 1. The Balaban J connectivity index is 1.84. The Morgan fingerprint density at radius 1 is 1.13 bits per heavy atom. The van der Waals surface area contributed by atoms with Crippen molar-refractivity contribution < 1.29 is 4.79 Å². The maximum absolute atomic E-state index is 12.5. The molecule has 0 saturated carbocycles. The highest BCUT2D eigenvalue weighted by atomic mass is 16.2. The molecule has 0 aliphatic rings. The van der Waals surface area contributed by atoms with Gasteiger partial charge in [0.2, 0.25) is 0 Å². The summed E-state index contributed by atoms with van der Waals surface area (Å²) in [4.78, 5) is 12.5. The van der Waals surface area contributed by atoms with Crippen LogP contribution in [0, 0.1) is 6.92 Å². The minimum Gasteiger partial charge on any atom is -0.321 e. The number of hydrogen-bond acceptors (Lipinski definition) is 3. The van der Waals surface area contributed by atoms with Gasteiger partial charge >= 0.3 is 0 Å². The Morgan fingerprint density at radius 2 is 1.91 bits per heavy atom. The SMILES string of the molecule is CCc1cccc(NC(=O)c2nnn(-c3ccccc3)c2C)c1. The Hall–Kier alpha value is -2.95. The zero-order valence-corrected chi connectivity index (χ0v) is 13.2. The molecule has 0 aliphatic heterocycles. The number of anilines is 1. The molecule has 0 radical (unpaired) electrons. The lowest BCUT2D eigenvalue weighted by Crippen LogP contribution is -2.14. The lowest BCUT2D eigenvalue weighted by molar-refractivity contribution is 0.102. The van der Waals surface area contributed by atoms with Crippen molar-refractivity contribution in [3.63, 3.8) is 0 Å². The van der Waals surface area contributed by atoms with Crippen molar-refractivity contribution in [1.29, 1.82) is 0 Å². The van der Waals surface area contributed by atoms with Gasteiger partial charge in [-0.15, -0.1) is 5.10 Å². The molecule has 1 N–H and O–H groups in total. The number of hydrogen-bond donors (Lipinski definition) is 1. The second-order valence-corrected chi connectivity index (χ2v) is 5.28. The lowest BCUT2D eigenvalue weighted by Gasteiger charge is -2.06. The molecule has 1 amide bonds. The van der Waals surface area contributed by atoms with Crippen molar-refractivity contribution in [2.45, 2.75) is 20.3 Å². The molecule has 3 rings (SSSR count). The minimum atomic E-state index is -0.252. The van der Waals surface area contributed by atoms with Crippen molar-refractivity contribution in [3.8, 4) is 5.69 Å². The van der Waals surface area contributed by atoms with Crippen LogP contribution < -0.4 is 5.32 Å². The summed E-state index contributed by atoms with van der Waals surface area (Å²) in [6.45, 7) is 3.92. The van der Waals surface area contributed by atoms with Crippen LogP contribution in [0.5, 0.6) is 0 Å². The molecule has 0 bridgehead atoms. The van der Waals surface area contributed by atoms with Crippen LogP contribution in [0.15, 0.2) is 54.6 Å². The van der Waals surface area contributed by atoms with E-state index in [1.165, 1.54) is 5.56 Å². The average molecular weight is 306 g/mol. The molecule has 0 aliphatic carbocycles. The molecule has 116 valence electrons. The highest BCUT2D eigenvalue weighted by Gasteiger charge is 2.17. The first-order valence-electron chi connectivity index (χ1n) is 7.57. The van der Waals surface area contributed by atoms with Crippen LogP contribution in [-0.2, 0) is 6.42 Å². The number of rotatable bonds is 4. The summed E-state index contributed by atoms with van der Waals surface area (Å²) in [5, 5.41) is 11.0. The van der Waals surface area contributed by atoms with Crippen LogP contribution in [-0.4, -0.2) is 20.9 Å². The molecular formula is C18H18N4O. The predicted octanol–water partition coefficient (Wildman–Crippen LogP) is 3.39. The van der Waals surface area contributed by atoms with E-state index in [2.05, 4.69) is 22.6 Å². The lowest BCUT2D eigenvalue weighted by atomic mass is 10.1. The number of nitrogens with zero attached hydrogens (tertiary/aromatic N) is 3. The molecule has 5 heteroatoms. The molecule has 0 saturated heterocycles. The van der Waals surface area contributed by atoms with Gasteiger partial charge in [-0.05, 0) is 43.2 Å². The number of carbonyl (C=O) groups is 1. The molecule has 3 aromatic rings. The molecule has 23 heavy (non-hydrogen) atoms. The fraction of sp³-hybridized carbons (Fsp3) is 0.167. The topological polar surface area (TPSA) is 59.8 Å². The number of nitrogens with one attached hydrogen (secondary N) is 1. The number of aromatic nitrogens is 3. The van der Waals surface area contributed by atoms with Gasteiger partial charge in [0.1, 0.15) is 0 Å². The molecule has 1 heterocycles. The Bertz CT molecular complexity index is 824. The monoisotopic (exact) mass is 306 g/mol. The van der Waals surface area contributed by atoms with Gasteiger partial charge in [0.25, 0.3) is 5.91 Å². The first kappa shape index (κ1) is 15.0. The molecule has 0 fully saturated rings. The van der Waals surface area contributed by atoms with E-state index in [-0.39, 0.29) is 5.91 Å². The predicted molar refractivity (Wildman–Crippen MR) is 89.9 cm³/mol. The molecule has 1 aromatic heterocycles. The van der Waals surface area contributed by atoms with Crippen molar-refractivity contribution in [3.05, 3.63) is 71.5 Å². The molecule has 0 unspecified atom stereocenters. The third-order valence-electron chi connectivity index (χ3n) is 3.70. The normalized spacial score (nSPS) is 10.5. The second-order valence-electron chi connectivity index (χ2n) is 5.28. The summed E-state index contributed by atoms with van der Waals surface area (Å²) in [5.74, 6) is -0.252. The molecule has 5 nitrogen and oxygen atoms in total. The van der Waals surface area contributed by atoms with E-state index in [0.29, 0.717) is 11.4 Å². The maximum Gasteiger partial charge on any atom is 0.278 e. The summed E-state index contributed by atoms with van der Waals surface area (Å²) in [5.41, 5.74) is 3.86. The summed E-state index contributed by atoms with van der Waals surface area (Å²) in [7, 11) is 0. The summed E-state index contributed by atoms with van der Waals surface area (Å²) in [6, 6.07) is 17.4. The van der Waals surface area contributed by atoms with Crippen molar-refractivity contribution >= 4 is 11.6 Å². The van der Waals surface area contributed by atoms with E-state index >= 15 is 0 Å². The van der Waals surface area contributed by atoms with Crippen LogP contribution in [0.1, 0.15) is 28.7 Å². The number of aryl methyl sites for hydroxylation is 1. The largest absolute Gasteiger partial charge is 0.321 e. The van der Waals surface area contributed by atoms with Crippen LogP contribution in [0.4, 0.5) is 5.69 Å². The number of amides is 1. The van der Waals surface area contributed by atoms with Crippen molar-refractivity contribution in [2.24, 2.45) is 0 Å². The van der Waals surface area contributed by atoms with E-state index in [0.717, 1.165) is 17.8 Å². The van der Waals surface area contributed by atoms with E-state index in [1.807, 2.05) is 61.5 Å². The minimum absolute atomic E-state index is 0.252. The van der Waals surface area contributed by atoms with Gasteiger partial charge < -0.3 is 5.32 Å². The molecule has 0 atom stereocenters. The van der Waals surface area contributed by atoms with E-state index in [1.54, 1.807) is 4.68 Å². The van der Waals surface area contributed by atoms with Crippen molar-refractivity contribution in [1.82, 2.24) is 15.0 Å². The van der Waals surface area contributed by atoms with Crippen LogP contribution in [0.25, 0.3) is 5.69 Å². The van der Waals surface area contributed by atoms with E-state index in [4.69, 9.17) is 0 Å². The molecule has 2 aromatic carbocycles. The highest BCUT2D eigenvalue weighted by molar-refractivity contribution is 6.03. The number of benzene rings is 2. The molecular weight excluding hydrogens is 288 g/mol. The van der Waals surface area contributed by atoms with Gasteiger partial charge in [-0.25, -0.2) is 4.68 Å². The smallest absolute Gasteiger partial charge is 0.278 e. The van der Waals surface area contributed by atoms with Gasteiger partial charge in [0, 0.05) is 5.69 Å². The van der Waals surface area contributed by atoms with Gasteiger partial charge in [-0.2, -0.15) is 0 Å². The number of para-hydroxylation sites is 1. The standard InChI is InChI=1S/C18H18N4O/c1-3-14-8-7-9-15(12-14)19-18(23)17-13(2)22(21-20-17)16-10-5-4-6-11-16/h4-12H,3H2,1-2H3,(H,19,23). The second kappa shape index (κ2) is 6.44.